The van der Waals surface area contributed by atoms with Crippen LogP contribution in [0, 0.1) is 5.92 Å². The summed E-state index contributed by atoms with van der Waals surface area (Å²) in [7, 11) is 0. The number of aliphatic carboxylic acids is 1. The van der Waals surface area contributed by atoms with Crippen molar-refractivity contribution < 1.29 is 19.5 Å². The minimum absolute atomic E-state index is 0.180. The van der Waals surface area contributed by atoms with Gasteiger partial charge in [-0.25, -0.2) is 0 Å². The molecule has 0 spiro atoms. The maximum atomic E-state index is 12.1. The lowest BCUT2D eigenvalue weighted by Gasteiger charge is -2.32. The van der Waals surface area contributed by atoms with Gasteiger partial charge in [-0.3, -0.25) is 19.3 Å². The number of hydrogen-bond acceptors (Lipinski definition) is 3. The molecule has 2 fully saturated rings. The molecule has 0 aromatic carbocycles. The number of hydrogen-bond donors (Lipinski definition) is 1. The van der Waals surface area contributed by atoms with Gasteiger partial charge >= 0.3 is 5.97 Å². The van der Waals surface area contributed by atoms with Crippen molar-refractivity contribution in [2.45, 2.75) is 63.8 Å². The summed E-state index contributed by atoms with van der Waals surface area (Å²) < 4.78 is 0. The lowest BCUT2D eigenvalue weighted by Crippen LogP contribution is -2.49. The fourth-order valence-electron chi connectivity index (χ4n) is 3.19. The van der Waals surface area contributed by atoms with E-state index in [0.29, 0.717) is 25.7 Å². The van der Waals surface area contributed by atoms with E-state index in [2.05, 4.69) is 0 Å². The Morgan fingerprint density at radius 1 is 0.947 bits per heavy atom. The Kier molecular flexibility index (Phi) is 4.56. The molecule has 1 heterocycles. The van der Waals surface area contributed by atoms with Gasteiger partial charge in [0.2, 0.25) is 11.8 Å². The monoisotopic (exact) mass is 267 g/mol. The first-order chi connectivity index (χ1) is 9.11. The van der Waals surface area contributed by atoms with E-state index in [0.717, 1.165) is 32.1 Å². The van der Waals surface area contributed by atoms with Gasteiger partial charge in [-0.2, -0.15) is 0 Å². The van der Waals surface area contributed by atoms with Gasteiger partial charge in [0.05, 0.1) is 12.0 Å². The SMILES string of the molecule is O=C(O)C1CCCCCC1N1C(=O)CCCCC1=O. The van der Waals surface area contributed by atoms with Crippen molar-refractivity contribution in [2.75, 3.05) is 0 Å². The number of carbonyl (C=O) groups excluding carboxylic acids is 2. The fraction of sp³-hybridized carbons (Fsp3) is 0.786. The van der Waals surface area contributed by atoms with Gasteiger partial charge in [0.1, 0.15) is 0 Å². The zero-order valence-electron chi connectivity index (χ0n) is 11.1. The summed E-state index contributed by atoms with van der Waals surface area (Å²) in [6, 6.07) is -0.432. The molecule has 0 aromatic heterocycles. The molecule has 1 saturated heterocycles. The molecule has 2 amide bonds. The minimum atomic E-state index is -0.878. The molecule has 1 N–H and O–H groups in total. The Bertz CT molecular complexity index is 362. The first kappa shape index (κ1) is 14.0. The Morgan fingerprint density at radius 2 is 1.53 bits per heavy atom. The third-order valence-corrected chi connectivity index (χ3v) is 4.20. The third-order valence-electron chi connectivity index (χ3n) is 4.20. The lowest BCUT2D eigenvalue weighted by molar-refractivity contribution is -0.152. The van der Waals surface area contributed by atoms with Crippen LogP contribution in [0.5, 0.6) is 0 Å². The van der Waals surface area contributed by atoms with Gasteiger partial charge in [-0.15, -0.1) is 0 Å². The van der Waals surface area contributed by atoms with Crippen LogP contribution in [0.4, 0.5) is 0 Å². The molecule has 2 unspecified atom stereocenters. The Hall–Kier alpha value is -1.39. The van der Waals surface area contributed by atoms with Crippen molar-refractivity contribution in [1.82, 2.24) is 4.90 Å². The molecule has 0 radical (unpaired) electrons. The molecule has 19 heavy (non-hydrogen) atoms. The van der Waals surface area contributed by atoms with E-state index in [1.807, 2.05) is 0 Å². The van der Waals surface area contributed by atoms with Crippen molar-refractivity contribution in [1.29, 1.82) is 0 Å². The smallest absolute Gasteiger partial charge is 0.308 e. The second-order valence-electron chi connectivity index (χ2n) is 5.51. The predicted octanol–water partition coefficient (Wildman–Crippen LogP) is 1.95. The van der Waals surface area contributed by atoms with E-state index in [-0.39, 0.29) is 11.8 Å². The van der Waals surface area contributed by atoms with Gasteiger partial charge < -0.3 is 5.11 Å². The number of imide groups is 1. The molecule has 1 aliphatic carbocycles. The van der Waals surface area contributed by atoms with Crippen LogP contribution >= 0.6 is 0 Å². The van der Waals surface area contributed by atoms with Crippen LogP contribution in [0.15, 0.2) is 0 Å². The largest absolute Gasteiger partial charge is 0.481 e. The maximum Gasteiger partial charge on any atom is 0.308 e. The van der Waals surface area contributed by atoms with Crippen LogP contribution in [0.3, 0.4) is 0 Å². The molecule has 106 valence electrons. The molecular formula is C14H21NO4. The van der Waals surface area contributed by atoms with Gasteiger partial charge in [0, 0.05) is 12.8 Å². The van der Waals surface area contributed by atoms with Crippen LogP contribution in [0.25, 0.3) is 0 Å². The number of amides is 2. The molecule has 2 aliphatic rings. The predicted molar refractivity (Wildman–Crippen MR) is 68.3 cm³/mol. The van der Waals surface area contributed by atoms with E-state index >= 15 is 0 Å². The summed E-state index contributed by atoms with van der Waals surface area (Å²) in [6.07, 6.45) is 6.14. The topological polar surface area (TPSA) is 74.7 Å². The van der Waals surface area contributed by atoms with Crippen LogP contribution < -0.4 is 0 Å². The van der Waals surface area contributed by atoms with E-state index < -0.39 is 17.9 Å². The summed E-state index contributed by atoms with van der Waals surface area (Å²) in [5, 5.41) is 9.36. The van der Waals surface area contributed by atoms with Gasteiger partial charge in [0.15, 0.2) is 0 Å². The first-order valence-electron chi connectivity index (χ1n) is 7.19. The average Bonchev–Trinajstić information content (AvgIpc) is 2.68. The molecule has 2 atom stereocenters. The Morgan fingerprint density at radius 3 is 2.11 bits per heavy atom. The zero-order valence-corrected chi connectivity index (χ0v) is 11.1. The molecule has 2 rings (SSSR count). The molecule has 1 aliphatic heterocycles. The molecule has 0 aromatic rings. The number of carboxylic acid groups (broad SMARTS) is 1. The highest BCUT2D eigenvalue weighted by Gasteiger charge is 2.39. The number of carboxylic acids is 1. The summed E-state index contributed by atoms with van der Waals surface area (Å²) in [5.74, 6) is -1.83. The highest BCUT2D eigenvalue weighted by atomic mass is 16.4. The quantitative estimate of drug-likeness (QED) is 0.613. The summed E-state index contributed by atoms with van der Waals surface area (Å²) in [6.45, 7) is 0. The van der Waals surface area contributed by atoms with Crippen LogP contribution in [-0.2, 0) is 14.4 Å². The second-order valence-corrected chi connectivity index (χ2v) is 5.51. The second kappa shape index (κ2) is 6.17. The normalized spacial score (nSPS) is 29.8. The maximum absolute atomic E-state index is 12.1. The van der Waals surface area contributed by atoms with E-state index in [9.17, 15) is 19.5 Å². The van der Waals surface area contributed by atoms with Crippen LogP contribution in [0.2, 0.25) is 0 Å². The van der Waals surface area contributed by atoms with E-state index in [1.54, 1.807) is 0 Å². The summed E-state index contributed by atoms with van der Waals surface area (Å²) >= 11 is 0. The van der Waals surface area contributed by atoms with Crippen LogP contribution in [-0.4, -0.2) is 33.8 Å². The number of likely N-dealkylation sites (tertiary alicyclic amines) is 1. The van der Waals surface area contributed by atoms with Gasteiger partial charge in [0.25, 0.3) is 0 Å². The molecule has 5 heteroatoms. The van der Waals surface area contributed by atoms with E-state index in [4.69, 9.17) is 0 Å². The number of carbonyl (C=O) groups is 3. The van der Waals surface area contributed by atoms with Gasteiger partial charge in [-0.05, 0) is 25.7 Å². The van der Waals surface area contributed by atoms with Crippen molar-refractivity contribution in [3.8, 4) is 0 Å². The summed E-state index contributed by atoms with van der Waals surface area (Å²) in [5.41, 5.74) is 0. The van der Waals surface area contributed by atoms with Crippen molar-refractivity contribution >= 4 is 17.8 Å². The third kappa shape index (κ3) is 3.14. The van der Waals surface area contributed by atoms with Crippen molar-refractivity contribution in [3.63, 3.8) is 0 Å². The average molecular weight is 267 g/mol. The molecule has 5 nitrogen and oxygen atoms in total. The highest BCUT2D eigenvalue weighted by Crippen LogP contribution is 2.30. The lowest BCUT2D eigenvalue weighted by atomic mass is 9.93. The molecule has 1 saturated carbocycles. The molecule has 0 bridgehead atoms. The number of rotatable bonds is 2. The standard InChI is InChI=1S/C14H21NO4/c16-12-8-4-5-9-13(17)15(12)11-7-3-1-2-6-10(11)14(18)19/h10-11H,1-9H2,(H,18,19). The van der Waals surface area contributed by atoms with Crippen LogP contribution in [0.1, 0.15) is 57.8 Å². The van der Waals surface area contributed by atoms with Crippen molar-refractivity contribution in [2.24, 2.45) is 5.92 Å². The Labute approximate surface area is 113 Å². The van der Waals surface area contributed by atoms with Crippen molar-refractivity contribution in [3.05, 3.63) is 0 Å². The highest BCUT2D eigenvalue weighted by molar-refractivity contribution is 5.97. The summed E-state index contributed by atoms with van der Waals surface area (Å²) in [4.78, 5) is 36.9. The fourth-order valence-corrected chi connectivity index (χ4v) is 3.19. The van der Waals surface area contributed by atoms with Gasteiger partial charge in [-0.1, -0.05) is 19.3 Å². The number of nitrogens with zero attached hydrogens (tertiary/aromatic N) is 1. The minimum Gasteiger partial charge on any atom is -0.481 e. The molecular weight excluding hydrogens is 246 g/mol. The first-order valence-corrected chi connectivity index (χ1v) is 7.19. The Balaban J connectivity index is 2.25. The zero-order chi connectivity index (χ0) is 13.8. The van der Waals surface area contributed by atoms with E-state index in [1.165, 1.54) is 4.90 Å².